The number of carbonyl (C=O) groups excluding carboxylic acids is 2. The second-order valence-electron chi connectivity index (χ2n) is 23.4. The van der Waals surface area contributed by atoms with Gasteiger partial charge in [0, 0.05) is 93.2 Å². The molecule has 6 aromatic carbocycles. The number of anilines is 3. The minimum absolute atomic E-state index is 0.247. The number of piperazine rings is 3. The molecule has 0 bridgehead atoms. The second-order valence-corrected chi connectivity index (χ2v) is 26.7. The number of benzene rings is 6. The Morgan fingerprint density at radius 1 is 0.440 bits per heavy atom. The van der Waals surface area contributed by atoms with E-state index in [2.05, 4.69) is 71.2 Å². The summed E-state index contributed by atoms with van der Waals surface area (Å²) in [5.41, 5.74) is 13.0. The van der Waals surface area contributed by atoms with E-state index in [1.165, 1.54) is 49.4 Å². The maximum Gasteiger partial charge on any atom is 0.346 e. The normalized spacial score (nSPS) is 14.7. The summed E-state index contributed by atoms with van der Waals surface area (Å²) < 4.78 is 34.3. The van der Waals surface area contributed by atoms with E-state index in [4.69, 9.17) is 49.1 Å². The van der Waals surface area contributed by atoms with Gasteiger partial charge >= 0.3 is 5.97 Å². The number of likely N-dealkylation sites (N-methyl/N-ethyl adjacent to an activating group) is 3. The zero-order chi connectivity index (χ0) is 70.6. The lowest BCUT2D eigenvalue weighted by Gasteiger charge is -2.32. The Balaban J connectivity index is 0.000000173. The highest BCUT2D eigenvalue weighted by Gasteiger charge is 2.24. The van der Waals surface area contributed by atoms with Crippen molar-refractivity contribution >= 4 is 65.0 Å². The summed E-state index contributed by atoms with van der Waals surface area (Å²) in [6.45, 7) is 15.8. The number of aromatic hydroxyl groups is 1. The number of primary amides is 1. The van der Waals surface area contributed by atoms with Gasteiger partial charge in [-0.25, -0.2) is 19.7 Å². The minimum atomic E-state index is -0.688. The van der Waals surface area contributed by atoms with Gasteiger partial charge in [0.25, 0.3) is 5.91 Å². The quantitative estimate of drug-likeness (QED) is 0.0475. The van der Waals surface area contributed by atoms with Crippen molar-refractivity contribution in [3.8, 4) is 34.9 Å². The van der Waals surface area contributed by atoms with E-state index in [1.54, 1.807) is 26.0 Å². The van der Waals surface area contributed by atoms with Crippen molar-refractivity contribution < 1.29 is 43.1 Å². The molecule has 6 heterocycles. The fourth-order valence-electron chi connectivity index (χ4n) is 9.96. The van der Waals surface area contributed by atoms with E-state index in [-0.39, 0.29) is 5.75 Å². The van der Waals surface area contributed by atoms with Gasteiger partial charge in [-0.05, 0) is 132 Å². The molecule has 0 saturated carbocycles. The van der Waals surface area contributed by atoms with Gasteiger partial charge in [-0.3, -0.25) is 4.79 Å². The molecule has 2 atom stereocenters. The van der Waals surface area contributed by atoms with Crippen molar-refractivity contribution in [1.29, 1.82) is 0 Å². The third kappa shape index (κ3) is 23.4. The Labute approximate surface area is 598 Å². The second kappa shape index (κ2) is 38.8. The van der Waals surface area contributed by atoms with Crippen LogP contribution in [0.5, 0.6) is 34.9 Å². The lowest BCUT2D eigenvalue weighted by atomic mass is 10.2. The largest absolute Gasteiger partial charge is 0.508 e. The van der Waals surface area contributed by atoms with Crippen LogP contribution < -0.4 is 49.9 Å². The first-order valence-electron chi connectivity index (χ1n) is 32.9. The average molecular weight is 1410 g/mol. The SMILES string of the molecule is CC(Oc1ccc(Sc2cnc(N3CCN(C)CC3)nc2OCc2ccccc2)cc1)C(N)=O.CN.CN1CCN(c2ncc(Sc3ccc(O)cc3)c(OCc3ccccc3)n2)CC1.COC(=O)C(C)Oc1ccc(Sc2cnc(N3CCN(C)CC3)nc2OCc2ccccc2)cc1. The van der Waals surface area contributed by atoms with E-state index < -0.39 is 24.1 Å². The van der Waals surface area contributed by atoms with Gasteiger partial charge in [0.1, 0.15) is 37.1 Å². The van der Waals surface area contributed by atoms with Crippen molar-refractivity contribution in [2.45, 2.75) is 75.2 Å². The van der Waals surface area contributed by atoms with E-state index in [1.807, 2.05) is 170 Å². The molecule has 1 amide bonds. The first kappa shape index (κ1) is 74.8. The first-order valence-corrected chi connectivity index (χ1v) is 35.3. The lowest BCUT2D eigenvalue weighted by Crippen LogP contribution is -2.45. The van der Waals surface area contributed by atoms with E-state index >= 15 is 0 Å². The molecule has 526 valence electrons. The summed E-state index contributed by atoms with van der Waals surface area (Å²) in [6.07, 6.45) is 4.12. The molecule has 0 aliphatic carbocycles. The van der Waals surface area contributed by atoms with Crippen LogP contribution in [0.15, 0.2) is 212 Å². The summed E-state index contributed by atoms with van der Waals surface area (Å²) >= 11 is 4.56. The van der Waals surface area contributed by atoms with Crippen LogP contribution in [0.3, 0.4) is 0 Å². The molecule has 3 fully saturated rings. The molecule has 3 aliphatic rings. The highest BCUT2D eigenvalue weighted by Crippen LogP contribution is 2.39. The minimum Gasteiger partial charge on any atom is -0.508 e. The number of aromatic nitrogens is 6. The van der Waals surface area contributed by atoms with Crippen LogP contribution in [0.2, 0.25) is 0 Å². The molecule has 26 heteroatoms. The van der Waals surface area contributed by atoms with E-state index in [9.17, 15) is 14.7 Å². The summed E-state index contributed by atoms with van der Waals surface area (Å²) in [6, 6.07) is 52.2. The fourth-order valence-corrected chi connectivity index (χ4v) is 12.4. The van der Waals surface area contributed by atoms with Gasteiger partial charge in [0.15, 0.2) is 12.2 Å². The molecule has 3 aliphatic heterocycles. The van der Waals surface area contributed by atoms with E-state index in [0.717, 1.165) is 125 Å². The predicted molar refractivity (Wildman–Crippen MR) is 392 cm³/mol. The third-order valence-electron chi connectivity index (χ3n) is 15.9. The number of rotatable bonds is 24. The van der Waals surface area contributed by atoms with Crippen molar-refractivity contribution in [3.05, 3.63) is 199 Å². The Morgan fingerprint density at radius 3 is 1.02 bits per heavy atom. The summed E-state index contributed by atoms with van der Waals surface area (Å²) in [5.74, 6) is 4.27. The number of esters is 1. The molecule has 12 rings (SSSR count). The average Bonchev–Trinajstić information content (AvgIpc) is 0.843. The Hall–Kier alpha value is -9.41. The molecule has 3 saturated heterocycles. The van der Waals surface area contributed by atoms with Crippen LogP contribution in [-0.2, 0) is 34.1 Å². The van der Waals surface area contributed by atoms with E-state index in [0.29, 0.717) is 66.8 Å². The van der Waals surface area contributed by atoms with Crippen LogP contribution in [0.1, 0.15) is 30.5 Å². The highest BCUT2D eigenvalue weighted by atomic mass is 32.2. The number of hydrogen-bond donors (Lipinski definition) is 3. The standard InChI is InChI=1S/C26H30N4O4S.C25H29N5O3S.C22H24N4O2S.CH5N/c1-19(25(31)32-3)34-21-9-11-22(12-10-21)35-23-17-27-26(30-15-13-29(2)14-16-30)28-24(23)33-18-20-7-5-4-6-8-20;1-18(23(26)31)33-20-8-10-21(11-9-20)34-22-16-27-25(30-14-12-29(2)13-15-30)28-24(22)32-17-19-6-4-3-5-7-19;1-25-11-13-26(14-12-25)22-23-15-20(29-19-9-7-18(27)8-10-19)21(24-22)28-16-17-5-3-2-4-6-17;1-2/h4-12,17,19H,13-16,18H2,1-3H3;3-11,16,18H,12-15,17H2,1-2H3,(H2,26,31);2-10,15,27H,11-14,16H2,1H3;2H2,1H3. The Morgan fingerprint density at radius 2 is 0.730 bits per heavy atom. The van der Waals surface area contributed by atoms with Crippen molar-refractivity contribution in [2.75, 3.05) is 129 Å². The number of amides is 1. The molecule has 3 aromatic heterocycles. The number of ether oxygens (including phenoxy) is 6. The van der Waals surface area contributed by atoms with Crippen LogP contribution in [0.25, 0.3) is 0 Å². The van der Waals surface area contributed by atoms with Gasteiger partial charge in [-0.15, -0.1) is 0 Å². The van der Waals surface area contributed by atoms with Gasteiger partial charge in [0.2, 0.25) is 35.5 Å². The first-order chi connectivity index (χ1) is 48.7. The van der Waals surface area contributed by atoms with Crippen LogP contribution in [0, 0.1) is 0 Å². The summed E-state index contributed by atoms with van der Waals surface area (Å²) in [5, 5.41) is 9.52. The van der Waals surface area contributed by atoms with Crippen molar-refractivity contribution in [2.24, 2.45) is 11.5 Å². The zero-order valence-corrected chi connectivity index (χ0v) is 60.0. The van der Waals surface area contributed by atoms with Crippen LogP contribution in [-0.4, -0.2) is 188 Å². The number of carbonyl (C=O) groups is 2. The van der Waals surface area contributed by atoms with Gasteiger partial charge < -0.3 is 74.4 Å². The van der Waals surface area contributed by atoms with Crippen LogP contribution >= 0.6 is 35.3 Å². The number of phenolic OH excluding ortho intramolecular Hbond substituents is 1. The zero-order valence-electron chi connectivity index (χ0n) is 57.5. The topological polar surface area (TPSA) is 259 Å². The monoisotopic (exact) mass is 1410 g/mol. The predicted octanol–water partition coefficient (Wildman–Crippen LogP) is 10.3. The molecule has 9 aromatic rings. The smallest absolute Gasteiger partial charge is 0.346 e. The van der Waals surface area contributed by atoms with Gasteiger partial charge in [0.05, 0.1) is 40.4 Å². The number of hydrogen-bond acceptors (Lipinski definition) is 25. The molecule has 5 N–H and O–H groups in total. The molecule has 23 nitrogen and oxygen atoms in total. The maximum absolute atomic E-state index is 11.6. The molecule has 100 heavy (non-hydrogen) atoms. The van der Waals surface area contributed by atoms with Gasteiger partial charge in [-0.2, -0.15) is 15.0 Å². The molecule has 0 radical (unpaired) electrons. The summed E-state index contributed by atoms with van der Waals surface area (Å²) in [4.78, 5) is 70.0. The van der Waals surface area contributed by atoms with Crippen molar-refractivity contribution in [1.82, 2.24) is 44.6 Å². The third-order valence-corrected chi connectivity index (χ3v) is 18.9. The molecular formula is C74H88N14O9S3. The number of nitrogens with zero attached hydrogens (tertiary/aromatic N) is 12. The Bertz CT molecular complexity index is 3940. The lowest BCUT2D eigenvalue weighted by molar-refractivity contribution is -0.147. The maximum atomic E-state index is 11.6. The van der Waals surface area contributed by atoms with Gasteiger partial charge in [-0.1, -0.05) is 126 Å². The Kier molecular flexibility index (Phi) is 29.0. The number of nitrogens with two attached hydrogens (primary N) is 2. The highest BCUT2D eigenvalue weighted by molar-refractivity contribution is 8.00. The van der Waals surface area contributed by atoms with Crippen molar-refractivity contribution in [3.63, 3.8) is 0 Å². The number of phenols is 1. The fraction of sp³-hybridized carbons (Fsp3) is 0.324. The van der Waals surface area contributed by atoms with Crippen LogP contribution in [0.4, 0.5) is 17.8 Å². The number of methoxy groups -OCH3 is 1. The summed E-state index contributed by atoms with van der Waals surface area (Å²) in [7, 11) is 9.22. The molecule has 2 unspecified atom stereocenters. The molecular weight excluding hydrogens is 1330 g/mol. The molecule has 0 spiro atoms.